The van der Waals surface area contributed by atoms with Crippen molar-refractivity contribution in [2.75, 3.05) is 38.5 Å². The zero-order valence-electron chi connectivity index (χ0n) is 17.6. The average Bonchev–Trinajstić information content (AvgIpc) is 2.77. The van der Waals surface area contributed by atoms with Gasteiger partial charge in [0.15, 0.2) is 5.43 Å². The van der Waals surface area contributed by atoms with Gasteiger partial charge < -0.3 is 25.7 Å². The molecular weight excluding hydrogens is 402 g/mol. The number of aliphatic hydroxyl groups excluding tert-OH is 1. The molecule has 0 aliphatic carbocycles. The van der Waals surface area contributed by atoms with Crippen LogP contribution < -0.4 is 16.1 Å². The Labute approximate surface area is 180 Å². The third-order valence-electron chi connectivity index (χ3n) is 4.83. The van der Waals surface area contributed by atoms with Crippen LogP contribution in [0.3, 0.4) is 0 Å². The number of anilines is 1. The molecule has 0 unspecified atom stereocenters. The van der Waals surface area contributed by atoms with Gasteiger partial charge in [0.25, 0.3) is 0 Å². The zero-order valence-corrected chi connectivity index (χ0v) is 18.4. The van der Waals surface area contributed by atoms with Crippen molar-refractivity contribution < 1.29 is 15.0 Å². The van der Waals surface area contributed by atoms with Gasteiger partial charge >= 0.3 is 6.09 Å². The number of carboxylic acid groups (broad SMARTS) is 1. The predicted molar refractivity (Wildman–Crippen MR) is 125 cm³/mol. The predicted octanol–water partition coefficient (Wildman–Crippen LogP) is 3.54. The Hall–Kier alpha value is -2.68. The Balaban J connectivity index is 0.000000575. The molecule has 7 nitrogen and oxygen atoms in total. The van der Waals surface area contributed by atoms with Crippen LogP contribution >= 0.6 is 11.3 Å². The minimum Gasteiger partial charge on any atom is -0.465 e. The summed E-state index contributed by atoms with van der Waals surface area (Å²) in [7, 11) is 1.35. The third kappa shape index (κ3) is 5.69. The van der Waals surface area contributed by atoms with Crippen molar-refractivity contribution in [1.82, 2.24) is 10.2 Å². The molecule has 0 radical (unpaired) electrons. The van der Waals surface area contributed by atoms with E-state index in [1.54, 1.807) is 11.3 Å². The maximum absolute atomic E-state index is 13.1. The van der Waals surface area contributed by atoms with Crippen molar-refractivity contribution in [3.8, 4) is 0 Å². The van der Waals surface area contributed by atoms with Crippen LogP contribution in [0.15, 0.2) is 41.2 Å². The Kier molecular flexibility index (Phi) is 9.04. The number of hydrogen-bond donors (Lipinski definition) is 4. The summed E-state index contributed by atoms with van der Waals surface area (Å²) in [4.78, 5) is 24.7. The molecule has 0 atom stereocenters. The summed E-state index contributed by atoms with van der Waals surface area (Å²) in [6.07, 6.45) is -0.995. The van der Waals surface area contributed by atoms with Crippen LogP contribution in [0.5, 0.6) is 0 Å². The van der Waals surface area contributed by atoms with E-state index in [1.165, 1.54) is 7.05 Å². The number of benzene rings is 2. The molecule has 0 aliphatic rings. The van der Waals surface area contributed by atoms with Crippen molar-refractivity contribution in [1.29, 1.82) is 0 Å². The lowest BCUT2D eigenvalue weighted by Crippen LogP contribution is -2.28. The number of likely N-dealkylation sites (N-methyl/N-ethyl adjacent to an activating group) is 1. The minimum atomic E-state index is -0.995. The normalized spacial score (nSPS) is 10.7. The van der Waals surface area contributed by atoms with Crippen LogP contribution in [0.25, 0.3) is 20.2 Å². The molecule has 2 aromatic carbocycles. The summed E-state index contributed by atoms with van der Waals surface area (Å²) < 4.78 is 1.83. The smallest absolute Gasteiger partial charge is 0.404 e. The third-order valence-corrected chi connectivity index (χ3v) is 6.08. The number of hydrogen-bond acceptors (Lipinski definition) is 6. The molecule has 8 heteroatoms. The van der Waals surface area contributed by atoms with E-state index in [4.69, 9.17) is 5.11 Å². The van der Waals surface area contributed by atoms with Gasteiger partial charge in [0.05, 0.1) is 12.0 Å². The Morgan fingerprint density at radius 1 is 1.13 bits per heavy atom. The fourth-order valence-corrected chi connectivity index (χ4v) is 4.32. The second-order valence-corrected chi connectivity index (χ2v) is 7.62. The Morgan fingerprint density at radius 3 is 2.40 bits per heavy atom. The van der Waals surface area contributed by atoms with Crippen molar-refractivity contribution >= 4 is 43.3 Å². The lowest BCUT2D eigenvalue weighted by Gasteiger charge is -2.19. The SMILES string of the molecule is CCN(CC)CCNc1ccc(CO)c2sc3ccccc3c(=O)c12.CNC(=O)O. The van der Waals surface area contributed by atoms with Gasteiger partial charge in [-0.3, -0.25) is 4.79 Å². The van der Waals surface area contributed by atoms with Crippen LogP contribution in [0, 0.1) is 0 Å². The molecule has 1 heterocycles. The first kappa shape index (κ1) is 23.6. The van der Waals surface area contributed by atoms with Gasteiger partial charge in [0, 0.05) is 40.6 Å². The van der Waals surface area contributed by atoms with Crippen molar-refractivity contribution in [2.45, 2.75) is 20.5 Å². The molecule has 4 N–H and O–H groups in total. The molecule has 0 saturated carbocycles. The van der Waals surface area contributed by atoms with Crippen molar-refractivity contribution in [2.24, 2.45) is 0 Å². The first-order valence-corrected chi connectivity index (χ1v) is 10.7. The molecule has 0 bridgehead atoms. The number of aliphatic hydroxyl groups is 1. The summed E-state index contributed by atoms with van der Waals surface area (Å²) in [6, 6.07) is 11.5. The van der Waals surface area contributed by atoms with Crippen molar-refractivity contribution in [3.05, 3.63) is 52.2 Å². The maximum atomic E-state index is 13.1. The van der Waals surface area contributed by atoms with Gasteiger partial charge in [-0.15, -0.1) is 11.3 Å². The van der Waals surface area contributed by atoms with Crippen LogP contribution in [0.1, 0.15) is 19.4 Å². The quantitative estimate of drug-likeness (QED) is 0.427. The van der Waals surface area contributed by atoms with Crippen molar-refractivity contribution in [3.63, 3.8) is 0 Å². The second-order valence-electron chi connectivity index (χ2n) is 6.57. The maximum Gasteiger partial charge on any atom is 0.404 e. The summed E-state index contributed by atoms with van der Waals surface area (Å²) in [5, 5.41) is 24.1. The van der Waals surface area contributed by atoms with E-state index in [-0.39, 0.29) is 12.0 Å². The number of nitrogens with one attached hydrogen (secondary N) is 2. The second kappa shape index (κ2) is 11.5. The van der Waals surface area contributed by atoms with Crippen LogP contribution in [-0.2, 0) is 6.61 Å². The number of nitrogens with zero attached hydrogens (tertiary/aromatic N) is 1. The fourth-order valence-electron chi connectivity index (χ4n) is 3.12. The monoisotopic (exact) mass is 431 g/mol. The van der Waals surface area contributed by atoms with Gasteiger partial charge in [-0.05, 0) is 36.9 Å². The van der Waals surface area contributed by atoms with E-state index in [2.05, 4.69) is 24.1 Å². The number of rotatable bonds is 7. The molecule has 1 amide bonds. The summed E-state index contributed by atoms with van der Waals surface area (Å²) in [6.45, 7) is 7.99. The van der Waals surface area contributed by atoms with E-state index in [0.717, 1.165) is 52.2 Å². The standard InChI is InChI=1S/C20H24N2O2S.C2H5NO2/c1-3-22(4-2)12-11-21-16-10-9-14(13-23)20-18(16)19(24)15-7-5-6-8-17(15)25-20;1-3-2(4)5/h5-10,21,23H,3-4,11-13H2,1-2H3;3H,1H3,(H,4,5). The molecule has 162 valence electrons. The minimum absolute atomic E-state index is 0.0324. The van der Waals surface area contributed by atoms with Gasteiger partial charge in [0.1, 0.15) is 0 Å². The van der Waals surface area contributed by atoms with E-state index >= 15 is 0 Å². The molecule has 30 heavy (non-hydrogen) atoms. The van der Waals surface area contributed by atoms with Gasteiger partial charge in [-0.25, -0.2) is 4.79 Å². The highest BCUT2D eigenvalue weighted by atomic mass is 32.1. The highest BCUT2D eigenvalue weighted by molar-refractivity contribution is 7.24. The first-order chi connectivity index (χ1) is 14.5. The largest absolute Gasteiger partial charge is 0.465 e. The highest BCUT2D eigenvalue weighted by Gasteiger charge is 2.13. The van der Waals surface area contributed by atoms with Crippen LogP contribution in [0.4, 0.5) is 10.5 Å². The number of carbonyl (C=O) groups is 1. The molecule has 0 spiro atoms. The zero-order chi connectivity index (χ0) is 22.1. The number of amides is 1. The first-order valence-electron chi connectivity index (χ1n) is 9.91. The lowest BCUT2D eigenvalue weighted by atomic mass is 10.1. The summed E-state index contributed by atoms with van der Waals surface area (Å²) in [5.74, 6) is 0. The average molecular weight is 432 g/mol. The molecule has 0 fully saturated rings. The summed E-state index contributed by atoms with van der Waals surface area (Å²) in [5.41, 5.74) is 1.69. The number of fused-ring (bicyclic) bond motifs is 2. The van der Waals surface area contributed by atoms with E-state index in [9.17, 15) is 14.7 Å². The van der Waals surface area contributed by atoms with Gasteiger partial charge in [-0.1, -0.05) is 32.0 Å². The molecule has 1 aromatic heterocycles. The van der Waals surface area contributed by atoms with E-state index in [1.807, 2.05) is 41.7 Å². The molecule has 3 rings (SSSR count). The highest BCUT2D eigenvalue weighted by Crippen LogP contribution is 2.31. The van der Waals surface area contributed by atoms with Gasteiger partial charge in [-0.2, -0.15) is 0 Å². The molecule has 0 saturated heterocycles. The van der Waals surface area contributed by atoms with E-state index < -0.39 is 6.09 Å². The molecule has 0 aliphatic heterocycles. The van der Waals surface area contributed by atoms with Crippen LogP contribution in [-0.4, -0.2) is 54.4 Å². The molecular formula is C22H29N3O4S. The van der Waals surface area contributed by atoms with Crippen LogP contribution in [0.2, 0.25) is 0 Å². The van der Waals surface area contributed by atoms with Gasteiger partial charge in [0.2, 0.25) is 0 Å². The Bertz CT molecular complexity index is 1050. The fraction of sp³-hybridized carbons (Fsp3) is 0.364. The lowest BCUT2D eigenvalue weighted by molar-refractivity contribution is 0.197. The molecule has 3 aromatic rings. The van der Waals surface area contributed by atoms with E-state index in [0.29, 0.717) is 5.39 Å². The summed E-state index contributed by atoms with van der Waals surface area (Å²) >= 11 is 1.57. The topological polar surface area (TPSA) is 102 Å². The Morgan fingerprint density at radius 2 is 1.80 bits per heavy atom.